The summed E-state index contributed by atoms with van der Waals surface area (Å²) in [6.45, 7) is 7.59. The van der Waals surface area contributed by atoms with Gasteiger partial charge in [0, 0.05) is 12.6 Å². The van der Waals surface area contributed by atoms with E-state index in [9.17, 15) is 4.79 Å². The molecule has 0 aliphatic rings. The zero-order chi connectivity index (χ0) is 13.3. The molecule has 1 aromatic carbocycles. The molecule has 0 unspecified atom stereocenters. The molecule has 0 aliphatic heterocycles. The van der Waals surface area contributed by atoms with E-state index in [-0.39, 0.29) is 5.78 Å². The van der Waals surface area contributed by atoms with E-state index < -0.39 is 0 Å². The Balaban J connectivity index is 2.32. The van der Waals surface area contributed by atoms with Crippen LogP contribution in [0.1, 0.15) is 33.4 Å². The minimum absolute atomic E-state index is 0.0685. The summed E-state index contributed by atoms with van der Waals surface area (Å²) in [6, 6.07) is 6.11. The number of carbonyl (C=O) groups excluding carboxylic acids is 1. The van der Waals surface area contributed by atoms with Crippen LogP contribution in [0.2, 0.25) is 0 Å². The summed E-state index contributed by atoms with van der Waals surface area (Å²) in [7, 11) is 0. The standard InChI is InChI=1S/C14H16N2OS/c1-8-6-5-7-12(9(8)2)16-14-15-10(3)13(18-14)11(4)17/h5-7H,1-4H3,(H,15,16). The predicted molar refractivity (Wildman–Crippen MR) is 76.1 cm³/mol. The number of nitrogens with zero attached hydrogens (tertiary/aromatic N) is 1. The number of benzene rings is 1. The van der Waals surface area contributed by atoms with E-state index in [1.165, 1.54) is 22.5 Å². The van der Waals surface area contributed by atoms with Gasteiger partial charge in [-0.05, 0) is 38.0 Å². The van der Waals surface area contributed by atoms with Crippen LogP contribution in [0.25, 0.3) is 0 Å². The maximum atomic E-state index is 11.4. The molecule has 1 aromatic heterocycles. The van der Waals surface area contributed by atoms with E-state index in [4.69, 9.17) is 0 Å². The lowest BCUT2D eigenvalue weighted by Crippen LogP contribution is -1.94. The second kappa shape index (κ2) is 4.90. The van der Waals surface area contributed by atoms with Crippen LogP contribution in [0.4, 0.5) is 10.8 Å². The predicted octanol–water partition coefficient (Wildman–Crippen LogP) is 4.01. The van der Waals surface area contributed by atoms with Gasteiger partial charge in [0.05, 0.1) is 10.6 Å². The molecule has 0 spiro atoms. The Labute approximate surface area is 111 Å². The van der Waals surface area contributed by atoms with Gasteiger partial charge in [0.15, 0.2) is 10.9 Å². The van der Waals surface area contributed by atoms with Crippen LogP contribution in [-0.2, 0) is 0 Å². The van der Waals surface area contributed by atoms with Crippen LogP contribution in [0, 0.1) is 20.8 Å². The summed E-state index contributed by atoms with van der Waals surface area (Å²) < 4.78 is 0. The number of rotatable bonds is 3. The molecule has 3 nitrogen and oxygen atoms in total. The van der Waals surface area contributed by atoms with Gasteiger partial charge in [-0.15, -0.1) is 0 Å². The van der Waals surface area contributed by atoms with Crippen molar-refractivity contribution in [1.29, 1.82) is 0 Å². The molecule has 0 amide bonds. The highest BCUT2D eigenvalue weighted by Crippen LogP contribution is 2.28. The Morgan fingerprint density at radius 1 is 1.28 bits per heavy atom. The van der Waals surface area contributed by atoms with Crippen LogP contribution in [0.5, 0.6) is 0 Å². The number of carbonyl (C=O) groups is 1. The lowest BCUT2D eigenvalue weighted by Gasteiger charge is -2.08. The molecule has 0 fully saturated rings. The number of anilines is 2. The Kier molecular flexibility index (Phi) is 3.48. The summed E-state index contributed by atoms with van der Waals surface area (Å²) in [5.41, 5.74) is 4.27. The lowest BCUT2D eigenvalue weighted by molar-refractivity contribution is 0.102. The van der Waals surface area contributed by atoms with Crippen LogP contribution < -0.4 is 5.32 Å². The summed E-state index contributed by atoms with van der Waals surface area (Å²) in [4.78, 5) is 16.5. The first-order chi connectivity index (χ1) is 8.49. The summed E-state index contributed by atoms with van der Waals surface area (Å²) >= 11 is 1.41. The molecule has 1 heterocycles. The first kappa shape index (κ1) is 12.8. The third-order valence-electron chi connectivity index (χ3n) is 2.96. The van der Waals surface area contributed by atoms with Crippen molar-refractivity contribution in [2.24, 2.45) is 0 Å². The quantitative estimate of drug-likeness (QED) is 0.848. The normalized spacial score (nSPS) is 10.4. The Morgan fingerprint density at radius 2 is 2.00 bits per heavy atom. The first-order valence-electron chi connectivity index (χ1n) is 5.80. The summed E-state index contributed by atoms with van der Waals surface area (Å²) in [5.74, 6) is 0.0685. The van der Waals surface area contributed by atoms with Gasteiger partial charge in [-0.3, -0.25) is 4.79 Å². The van der Waals surface area contributed by atoms with E-state index in [0.717, 1.165) is 21.4 Å². The number of ketones is 1. The van der Waals surface area contributed by atoms with E-state index in [0.29, 0.717) is 0 Å². The van der Waals surface area contributed by atoms with Crippen molar-refractivity contribution in [3.05, 3.63) is 39.9 Å². The van der Waals surface area contributed by atoms with Crippen molar-refractivity contribution < 1.29 is 4.79 Å². The van der Waals surface area contributed by atoms with Crippen molar-refractivity contribution >= 4 is 27.9 Å². The molecular weight excluding hydrogens is 244 g/mol. The molecular formula is C14H16N2OS. The molecule has 0 radical (unpaired) electrons. The van der Waals surface area contributed by atoms with Gasteiger partial charge in [-0.2, -0.15) is 0 Å². The fourth-order valence-electron chi connectivity index (χ4n) is 1.78. The molecule has 2 aromatic rings. The van der Waals surface area contributed by atoms with Crippen molar-refractivity contribution in [1.82, 2.24) is 4.98 Å². The molecule has 0 saturated carbocycles. The third kappa shape index (κ3) is 2.43. The van der Waals surface area contributed by atoms with Crippen LogP contribution in [0.3, 0.4) is 0 Å². The summed E-state index contributed by atoms with van der Waals surface area (Å²) in [6.07, 6.45) is 0. The molecule has 2 rings (SSSR count). The Bertz CT molecular complexity index is 602. The summed E-state index contributed by atoms with van der Waals surface area (Å²) in [5, 5.41) is 4.05. The maximum absolute atomic E-state index is 11.4. The monoisotopic (exact) mass is 260 g/mol. The van der Waals surface area contributed by atoms with Crippen molar-refractivity contribution in [2.45, 2.75) is 27.7 Å². The molecule has 0 aliphatic carbocycles. The second-order valence-corrected chi connectivity index (χ2v) is 5.36. The molecule has 0 atom stereocenters. The molecule has 18 heavy (non-hydrogen) atoms. The molecule has 0 saturated heterocycles. The third-order valence-corrected chi connectivity index (χ3v) is 4.14. The Hall–Kier alpha value is -1.68. The van der Waals surface area contributed by atoms with Gasteiger partial charge in [-0.1, -0.05) is 23.5 Å². The smallest absolute Gasteiger partial charge is 0.188 e. The molecule has 4 heteroatoms. The average molecular weight is 260 g/mol. The topological polar surface area (TPSA) is 42.0 Å². The average Bonchev–Trinajstić information content (AvgIpc) is 2.66. The van der Waals surface area contributed by atoms with Gasteiger partial charge < -0.3 is 5.32 Å². The SMILES string of the molecule is CC(=O)c1sc(Nc2cccc(C)c2C)nc1C. The number of nitrogens with one attached hydrogen (secondary N) is 1. The minimum Gasteiger partial charge on any atom is -0.331 e. The van der Waals surface area contributed by atoms with Crippen molar-refractivity contribution in [2.75, 3.05) is 5.32 Å². The minimum atomic E-state index is 0.0685. The molecule has 0 bridgehead atoms. The zero-order valence-corrected chi connectivity index (χ0v) is 11.8. The number of hydrogen-bond acceptors (Lipinski definition) is 4. The fourth-order valence-corrected chi connectivity index (χ4v) is 2.65. The lowest BCUT2D eigenvalue weighted by atomic mass is 10.1. The van der Waals surface area contributed by atoms with Crippen LogP contribution in [0.15, 0.2) is 18.2 Å². The van der Waals surface area contributed by atoms with Gasteiger partial charge >= 0.3 is 0 Å². The first-order valence-corrected chi connectivity index (χ1v) is 6.62. The maximum Gasteiger partial charge on any atom is 0.188 e. The second-order valence-electron chi connectivity index (χ2n) is 4.36. The highest BCUT2D eigenvalue weighted by Gasteiger charge is 2.12. The van der Waals surface area contributed by atoms with E-state index in [1.54, 1.807) is 6.92 Å². The highest BCUT2D eigenvalue weighted by atomic mass is 32.1. The van der Waals surface area contributed by atoms with E-state index >= 15 is 0 Å². The number of Topliss-reactive ketones (excluding diaryl/α,β-unsaturated/α-hetero) is 1. The number of aryl methyl sites for hydroxylation is 2. The van der Waals surface area contributed by atoms with Gasteiger partial charge in [0.2, 0.25) is 0 Å². The van der Waals surface area contributed by atoms with Crippen LogP contribution in [-0.4, -0.2) is 10.8 Å². The van der Waals surface area contributed by atoms with E-state index in [1.807, 2.05) is 19.1 Å². The molecule has 1 N–H and O–H groups in total. The largest absolute Gasteiger partial charge is 0.331 e. The zero-order valence-electron chi connectivity index (χ0n) is 11.0. The molecule has 94 valence electrons. The van der Waals surface area contributed by atoms with Crippen molar-refractivity contribution in [3.63, 3.8) is 0 Å². The Morgan fingerprint density at radius 3 is 2.61 bits per heavy atom. The van der Waals surface area contributed by atoms with Gasteiger partial charge in [-0.25, -0.2) is 4.98 Å². The number of hydrogen-bond donors (Lipinski definition) is 1. The number of aromatic nitrogens is 1. The van der Waals surface area contributed by atoms with E-state index in [2.05, 4.69) is 30.2 Å². The number of thiazole rings is 1. The fraction of sp³-hybridized carbons (Fsp3) is 0.286. The highest BCUT2D eigenvalue weighted by molar-refractivity contribution is 7.17. The van der Waals surface area contributed by atoms with Gasteiger partial charge in [0.1, 0.15) is 0 Å². The van der Waals surface area contributed by atoms with Crippen molar-refractivity contribution in [3.8, 4) is 0 Å². The van der Waals surface area contributed by atoms with Crippen LogP contribution >= 0.6 is 11.3 Å². The van der Waals surface area contributed by atoms with Gasteiger partial charge in [0.25, 0.3) is 0 Å².